The third-order valence-corrected chi connectivity index (χ3v) is 3.55. The van der Waals surface area contributed by atoms with Crippen molar-refractivity contribution in [2.24, 2.45) is 0 Å². The van der Waals surface area contributed by atoms with Gasteiger partial charge in [-0.1, -0.05) is 25.1 Å². The Morgan fingerprint density at radius 1 is 1.04 bits per heavy atom. The number of carbonyl (C=O) groups is 1. The first-order valence-electron chi connectivity index (χ1n) is 7.87. The summed E-state index contributed by atoms with van der Waals surface area (Å²) in [6.45, 7) is 2.59. The largest absolute Gasteiger partial charge is 0.497 e. The Morgan fingerprint density at radius 2 is 1.74 bits per heavy atom. The molecular formula is C19H23NO3. The van der Waals surface area contributed by atoms with Crippen LogP contribution in [-0.4, -0.2) is 19.6 Å². The summed E-state index contributed by atoms with van der Waals surface area (Å²) < 4.78 is 10.7. The van der Waals surface area contributed by atoms with Crippen LogP contribution in [0, 0.1) is 0 Å². The first-order chi connectivity index (χ1) is 11.2. The predicted octanol–water partition coefficient (Wildman–Crippen LogP) is 4.06. The minimum atomic E-state index is 0.0178. The molecule has 0 unspecified atom stereocenters. The third-order valence-electron chi connectivity index (χ3n) is 3.55. The number of rotatable bonds is 8. The summed E-state index contributed by atoms with van der Waals surface area (Å²) in [5, 5.41) is 2.96. The molecule has 0 spiro atoms. The summed E-state index contributed by atoms with van der Waals surface area (Å²) >= 11 is 0. The van der Waals surface area contributed by atoms with Crippen LogP contribution in [0.4, 0.5) is 5.69 Å². The molecule has 2 rings (SSSR count). The molecule has 4 heteroatoms. The number of nitrogens with one attached hydrogen (secondary N) is 1. The Morgan fingerprint density at radius 3 is 2.43 bits per heavy atom. The molecule has 23 heavy (non-hydrogen) atoms. The van der Waals surface area contributed by atoms with E-state index in [1.165, 1.54) is 0 Å². The lowest BCUT2D eigenvalue weighted by atomic mass is 10.1. The van der Waals surface area contributed by atoms with Crippen LogP contribution in [0.1, 0.15) is 25.3 Å². The minimum Gasteiger partial charge on any atom is -0.497 e. The fraction of sp³-hybridized carbons (Fsp3) is 0.316. The molecule has 0 aliphatic rings. The van der Waals surface area contributed by atoms with Gasteiger partial charge in [0, 0.05) is 12.1 Å². The van der Waals surface area contributed by atoms with Gasteiger partial charge in [-0.15, -0.1) is 0 Å². The topological polar surface area (TPSA) is 47.6 Å². The van der Waals surface area contributed by atoms with Crippen molar-refractivity contribution in [2.75, 3.05) is 19.0 Å². The molecule has 2 aromatic rings. The summed E-state index contributed by atoms with van der Waals surface area (Å²) in [6.07, 6.45) is 2.01. The molecule has 0 aliphatic heterocycles. The fourth-order valence-electron chi connectivity index (χ4n) is 2.26. The Labute approximate surface area is 137 Å². The maximum Gasteiger partial charge on any atom is 0.224 e. The second-order valence-electron chi connectivity index (χ2n) is 5.19. The van der Waals surface area contributed by atoms with Gasteiger partial charge in [0.25, 0.3) is 0 Å². The maximum atomic E-state index is 12.0. The van der Waals surface area contributed by atoms with Crippen LogP contribution in [0.3, 0.4) is 0 Å². The highest BCUT2D eigenvalue weighted by Crippen LogP contribution is 2.18. The lowest BCUT2D eigenvalue weighted by Crippen LogP contribution is -2.14. The van der Waals surface area contributed by atoms with E-state index in [4.69, 9.17) is 9.47 Å². The molecule has 0 aliphatic carbocycles. The Hall–Kier alpha value is -2.49. The Balaban J connectivity index is 1.72. The summed E-state index contributed by atoms with van der Waals surface area (Å²) in [5.41, 5.74) is 2.05. The van der Waals surface area contributed by atoms with Gasteiger partial charge in [-0.3, -0.25) is 4.79 Å². The highest BCUT2D eigenvalue weighted by atomic mass is 16.5. The number of para-hydroxylation sites is 1. The average Bonchev–Trinajstić information content (AvgIpc) is 2.59. The van der Waals surface area contributed by atoms with Crippen molar-refractivity contribution in [3.63, 3.8) is 0 Å². The number of hydrogen-bond donors (Lipinski definition) is 1. The van der Waals surface area contributed by atoms with E-state index in [-0.39, 0.29) is 5.91 Å². The third kappa shape index (κ3) is 5.33. The number of anilines is 1. The number of methoxy groups -OCH3 is 1. The van der Waals surface area contributed by atoms with Crippen LogP contribution >= 0.6 is 0 Å². The monoisotopic (exact) mass is 313 g/mol. The molecule has 4 nitrogen and oxygen atoms in total. The smallest absolute Gasteiger partial charge is 0.224 e. The van der Waals surface area contributed by atoms with Crippen LogP contribution in [0.5, 0.6) is 11.5 Å². The second kappa shape index (κ2) is 8.83. The first kappa shape index (κ1) is 16.9. The van der Waals surface area contributed by atoms with Crippen molar-refractivity contribution < 1.29 is 14.3 Å². The molecule has 0 radical (unpaired) electrons. The minimum absolute atomic E-state index is 0.0178. The normalized spacial score (nSPS) is 10.2. The highest BCUT2D eigenvalue weighted by molar-refractivity contribution is 5.91. The van der Waals surface area contributed by atoms with Crippen molar-refractivity contribution in [3.05, 3.63) is 54.1 Å². The van der Waals surface area contributed by atoms with Gasteiger partial charge in [0.2, 0.25) is 5.91 Å². The molecule has 0 bridgehead atoms. The number of hydrogen-bond acceptors (Lipinski definition) is 3. The zero-order valence-corrected chi connectivity index (χ0v) is 13.7. The highest BCUT2D eigenvalue weighted by Gasteiger charge is 2.05. The molecule has 2 aromatic carbocycles. The summed E-state index contributed by atoms with van der Waals surface area (Å²) in [7, 11) is 1.63. The first-order valence-corrected chi connectivity index (χ1v) is 7.87. The quantitative estimate of drug-likeness (QED) is 0.748. The fourth-order valence-corrected chi connectivity index (χ4v) is 2.26. The molecule has 0 heterocycles. The van der Waals surface area contributed by atoms with Crippen molar-refractivity contribution in [2.45, 2.75) is 26.2 Å². The number of benzene rings is 2. The molecule has 0 aromatic heterocycles. The van der Waals surface area contributed by atoms with Crippen LogP contribution in [-0.2, 0) is 11.2 Å². The van der Waals surface area contributed by atoms with E-state index in [1.807, 2.05) is 48.5 Å². The van der Waals surface area contributed by atoms with Gasteiger partial charge < -0.3 is 14.8 Å². The molecule has 0 fully saturated rings. The Bertz CT molecular complexity index is 623. The number of carbonyl (C=O) groups excluding carboxylic acids is 1. The van der Waals surface area contributed by atoms with E-state index in [0.717, 1.165) is 29.2 Å². The van der Waals surface area contributed by atoms with E-state index >= 15 is 0 Å². The van der Waals surface area contributed by atoms with Gasteiger partial charge in [0.1, 0.15) is 11.5 Å². The van der Waals surface area contributed by atoms with Gasteiger partial charge in [0.15, 0.2) is 0 Å². The van der Waals surface area contributed by atoms with Gasteiger partial charge in [0.05, 0.1) is 13.7 Å². The summed E-state index contributed by atoms with van der Waals surface area (Å²) in [5.74, 6) is 1.60. The number of ether oxygens (including phenoxy) is 2. The zero-order chi connectivity index (χ0) is 16.5. The lowest BCUT2D eigenvalue weighted by Gasteiger charge is -2.10. The molecule has 0 atom stereocenters. The van der Waals surface area contributed by atoms with Crippen molar-refractivity contribution in [1.82, 2.24) is 0 Å². The number of amides is 1. The summed E-state index contributed by atoms with van der Waals surface area (Å²) in [4.78, 5) is 12.0. The van der Waals surface area contributed by atoms with Gasteiger partial charge in [-0.2, -0.15) is 0 Å². The molecule has 1 N–H and O–H groups in total. The lowest BCUT2D eigenvalue weighted by molar-refractivity contribution is -0.116. The second-order valence-corrected chi connectivity index (χ2v) is 5.19. The Kier molecular flexibility index (Phi) is 6.48. The molecule has 122 valence electrons. The zero-order valence-electron chi connectivity index (χ0n) is 13.7. The molecule has 0 saturated heterocycles. The summed E-state index contributed by atoms with van der Waals surface area (Å²) in [6, 6.07) is 15.3. The van der Waals surface area contributed by atoms with Gasteiger partial charge >= 0.3 is 0 Å². The molecule has 0 saturated carbocycles. The molecular weight excluding hydrogens is 290 g/mol. The van der Waals surface area contributed by atoms with Gasteiger partial charge in [-0.05, 0) is 48.7 Å². The van der Waals surface area contributed by atoms with Crippen molar-refractivity contribution in [3.8, 4) is 11.5 Å². The van der Waals surface area contributed by atoms with E-state index < -0.39 is 0 Å². The van der Waals surface area contributed by atoms with E-state index in [0.29, 0.717) is 19.4 Å². The van der Waals surface area contributed by atoms with Crippen LogP contribution in [0.15, 0.2) is 48.5 Å². The standard InChI is InChI=1S/C19H23NO3/c1-3-15-7-4-5-8-18(15)20-19(21)9-6-14-23-17-12-10-16(22-2)11-13-17/h4-5,7-8,10-13H,3,6,9,14H2,1-2H3,(H,20,21). The van der Waals surface area contributed by atoms with Gasteiger partial charge in [-0.25, -0.2) is 0 Å². The van der Waals surface area contributed by atoms with Crippen LogP contribution in [0.2, 0.25) is 0 Å². The van der Waals surface area contributed by atoms with E-state index in [2.05, 4.69) is 12.2 Å². The predicted molar refractivity (Wildman–Crippen MR) is 92.2 cm³/mol. The van der Waals surface area contributed by atoms with E-state index in [9.17, 15) is 4.79 Å². The van der Waals surface area contributed by atoms with Crippen molar-refractivity contribution >= 4 is 11.6 Å². The SMILES string of the molecule is CCc1ccccc1NC(=O)CCCOc1ccc(OC)cc1. The molecule has 1 amide bonds. The van der Waals surface area contributed by atoms with Crippen LogP contribution in [0.25, 0.3) is 0 Å². The van der Waals surface area contributed by atoms with E-state index in [1.54, 1.807) is 7.11 Å². The van der Waals surface area contributed by atoms with Crippen molar-refractivity contribution in [1.29, 1.82) is 0 Å². The maximum absolute atomic E-state index is 12.0. The average molecular weight is 313 g/mol. The van der Waals surface area contributed by atoms with Crippen LogP contribution < -0.4 is 14.8 Å². The number of aryl methyl sites for hydroxylation is 1.